The Morgan fingerprint density at radius 1 is 1.32 bits per heavy atom. The number of hydrogen-bond donors (Lipinski definition) is 1. The van der Waals surface area contributed by atoms with Gasteiger partial charge < -0.3 is 9.73 Å². The molecule has 1 unspecified atom stereocenters. The summed E-state index contributed by atoms with van der Waals surface area (Å²) in [6.07, 6.45) is 1.81. The van der Waals surface area contributed by atoms with Crippen molar-refractivity contribution in [1.29, 1.82) is 0 Å². The summed E-state index contributed by atoms with van der Waals surface area (Å²) in [6.45, 7) is 6.80. The number of hydrogen-bond acceptors (Lipinski definition) is 3. The van der Waals surface area contributed by atoms with Crippen molar-refractivity contribution in [2.45, 2.75) is 33.4 Å². The summed E-state index contributed by atoms with van der Waals surface area (Å²) < 4.78 is 7.53. The Morgan fingerprint density at radius 3 is 2.63 bits per heavy atom. The van der Waals surface area contributed by atoms with E-state index in [1.807, 2.05) is 19.9 Å². The number of halogens is 2. The predicted molar refractivity (Wildman–Crippen MR) is 83.1 cm³/mol. The molecule has 0 aliphatic rings. The largest absolute Gasteiger partial charge is 0.466 e. The van der Waals surface area contributed by atoms with Crippen LogP contribution in [0.3, 0.4) is 0 Å². The van der Waals surface area contributed by atoms with E-state index in [1.165, 1.54) is 5.56 Å². The molecule has 0 fully saturated rings. The first-order valence-corrected chi connectivity index (χ1v) is 7.66. The average Bonchev–Trinajstić information content (AvgIpc) is 2.67. The lowest BCUT2D eigenvalue weighted by Gasteiger charge is -2.13. The first-order chi connectivity index (χ1) is 8.97. The zero-order valence-corrected chi connectivity index (χ0v) is 14.3. The summed E-state index contributed by atoms with van der Waals surface area (Å²) in [5, 5.41) is 3.46. The molecule has 0 saturated carbocycles. The van der Waals surface area contributed by atoms with E-state index in [0.717, 1.165) is 26.2 Å². The molecular formula is C14H16Br2N2O. The van der Waals surface area contributed by atoms with Crippen molar-refractivity contribution >= 4 is 31.9 Å². The Labute approximate surface area is 130 Å². The summed E-state index contributed by atoms with van der Waals surface area (Å²) >= 11 is 6.92. The van der Waals surface area contributed by atoms with Gasteiger partial charge >= 0.3 is 0 Å². The summed E-state index contributed by atoms with van der Waals surface area (Å²) in [5.74, 6) is 1.92. The molecule has 19 heavy (non-hydrogen) atoms. The van der Waals surface area contributed by atoms with Crippen LogP contribution in [0.2, 0.25) is 0 Å². The molecule has 5 heteroatoms. The number of aromatic nitrogens is 1. The van der Waals surface area contributed by atoms with Crippen LogP contribution < -0.4 is 5.32 Å². The summed E-state index contributed by atoms with van der Waals surface area (Å²) in [7, 11) is 0. The minimum absolute atomic E-state index is 0.231. The quantitative estimate of drug-likeness (QED) is 0.828. The van der Waals surface area contributed by atoms with Gasteiger partial charge in [-0.15, -0.1) is 0 Å². The molecule has 0 radical (unpaired) electrons. The maximum absolute atomic E-state index is 5.56. The van der Waals surface area contributed by atoms with Crippen molar-refractivity contribution < 1.29 is 4.42 Å². The molecule has 3 nitrogen and oxygen atoms in total. The molecule has 102 valence electrons. The van der Waals surface area contributed by atoms with Gasteiger partial charge in [-0.1, -0.05) is 0 Å². The molecule has 0 bridgehead atoms. The van der Waals surface area contributed by atoms with E-state index in [9.17, 15) is 0 Å². The molecule has 0 spiro atoms. The van der Waals surface area contributed by atoms with E-state index >= 15 is 0 Å². The van der Waals surface area contributed by atoms with Crippen LogP contribution in [0.25, 0.3) is 0 Å². The molecule has 0 saturated heterocycles. The molecule has 1 N–H and O–H groups in total. The van der Waals surface area contributed by atoms with E-state index in [0.29, 0.717) is 6.54 Å². The van der Waals surface area contributed by atoms with Gasteiger partial charge in [0.1, 0.15) is 11.5 Å². The van der Waals surface area contributed by atoms with Crippen LogP contribution in [-0.2, 0) is 6.54 Å². The summed E-state index contributed by atoms with van der Waals surface area (Å²) in [5.41, 5.74) is 2.19. The second-order valence-corrected chi connectivity index (χ2v) is 6.32. The third-order valence-electron chi connectivity index (χ3n) is 3.01. The lowest BCUT2D eigenvalue weighted by atomic mass is 10.1. The van der Waals surface area contributed by atoms with Crippen LogP contribution in [0.1, 0.15) is 35.7 Å². The van der Waals surface area contributed by atoms with Crippen LogP contribution in [0.4, 0.5) is 0 Å². The molecule has 2 rings (SSSR count). The SMILES string of the molecule is Cc1cc(C(C)NCc2ncc(Br)cc2Br)c(C)o1. The van der Waals surface area contributed by atoms with Crippen molar-refractivity contribution in [3.8, 4) is 0 Å². The van der Waals surface area contributed by atoms with Crippen LogP contribution in [0.5, 0.6) is 0 Å². The maximum atomic E-state index is 5.56. The number of aryl methyl sites for hydroxylation is 2. The third kappa shape index (κ3) is 3.68. The van der Waals surface area contributed by atoms with E-state index in [2.05, 4.69) is 55.2 Å². The fourth-order valence-electron chi connectivity index (χ4n) is 2.01. The summed E-state index contributed by atoms with van der Waals surface area (Å²) in [4.78, 5) is 4.39. The van der Waals surface area contributed by atoms with Gasteiger partial charge in [-0.2, -0.15) is 0 Å². The van der Waals surface area contributed by atoms with Gasteiger partial charge in [0.15, 0.2) is 0 Å². The van der Waals surface area contributed by atoms with Gasteiger partial charge in [0, 0.05) is 33.3 Å². The van der Waals surface area contributed by atoms with E-state index in [4.69, 9.17) is 4.42 Å². The van der Waals surface area contributed by atoms with Crippen LogP contribution in [-0.4, -0.2) is 4.98 Å². The van der Waals surface area contributed by atoms with Gasteiger partial charge in [-0.25, -0.2) is 0 Å². The fraction of sp³-hybridized carbons (Fsp3) is 0.357. The number of nitrogens with zero attached hydrogens (tertiary/aromatic N) is 1. The zero-order valence-electron chi connectivity index (χ0n) is 11.1. The molecule has 0 aliphatic carbocycles. The van der Waals surface area contributed by atoms with E-state index < -0.39 is 0 Å². The second kappa shape index (κ2) is 6.20. The normalized spacial score (nSPS) is 12.7. The van der Waals surface area contributed by atoms with E-state index in [-0.39, 0.29) is 6.04 Å². The highest BCUT2D eigenvalue weighted by atomic mass is 79.9. The molecule has 2 heterocycles. The van der Waals surface area contributed by atoms with Crippen molar-refractivity contribution in [3.63, 3.8) is 0 Å². The Balaban J connectivity index is 2.04. The van der Waals surface area contributed by atoms with Gasteiger partial charge in [0.2, 0.25) is 0 Å². The maximum Gasteiger partial charge on any atom is 0.105 e. The Kier molecular flexibility index (Phi) is 4.81. The van der Waals surface area contributed by atoms with Gasteiger partial charge in [-0.05, 0) is 64.8 Å². The molecule has 2 aromatic rings. The highest BCUT2D eigenvalue weighted by Gasteiger charge is 2.13. The second-order valence-electron chi connectivity index (χ2n) is 4.55. The molecular weight excluding hydrogens is 372 g/mol. The molecule has 2 aromatic heterocycles. The first-order valence-electron chi connectivity index (χ1n) is 6.07. The topological polar surface area (TPSA) is 38.1 Å². The highest BCUT2D eigenvalue weighted by Crippen LogP contribution is 2.23. The lowest BCUT2D eigenvalue weighted by molar-refractivity contribution is 0.489. The average molecular weight is 388 g/mol. The number of pyridine rings is 1. The fourth-order valence-corrected chi connectivity index (χ4v) is 3.14. The Bertz CT molecular complexity index is 581. The monoisotopic (exact) mass is 386 g/mol. The van der Waals surface area contributed by atoms with Gasteiger partial charge in [-0.3, -0.25) is 4.98 Å². The van der Waals surface area contributed by atoms with Crippen molar-refractivity contribution in [2.24, 2.45) is 0 Å². The third-order valence-corrected chi connectivity index (χ3v) is 4.13. The number of furan rings is 1. The summed E-state index contributed by atoms with van der Waals surface area (Å²) in [6, 6.07) is 4.31. The van der Waals surface area contributed by atoms with Crippen molar-refractivity contribution in [3.05, 3.63) is 50.1 Å². The first kappa shape index (κ1) is 14.8. The van der Waals surface area contributed by atoms with Crippen LogP contribution >= 0.6 is 31.9 Å². The Morgan fingerprint density at radius 2 is 2.05 bits per heavy atom. The smallest absolute Gasteiger partial charge is 0.105 e. The molecule has 0 aromatic carbocycles. The van der Waals surface area contributed by atoms with E-state index in [1.54, 1.807) is 6.20 Å². The predicted octanol–water partition coefficient (Wildman–Crippen LogP) is 4.67. The molecule has 1 atom stereocenters. The zero-order chi connectivity index (χ0) is 14.0. The minimum Gasteiger partial charge on any atom is -0.466 e. The standard InChI is InChI=1S/C14H16Br2N2O/c1-8-4-12(10(3)19-8)9(2)17-7-14-13(16)5-11(15)6-18-14/h4-6,9,17H,7H2,1-3H3. The van der Waals surface area contributed by atoms with Crippen molar-refractivity contribution in [2.75, 3.05) is 0 Å². The van der Waals surface area contributed by atoms with Crippen molar-refractivity contribution in [1.82, 2.24) is 10.3 Å². The number of nitrogens with one attached hydrogen (secondary N) is 1. The van der Waals surface area contributed by atoms with Gasteiger partial charge in [0.25, 0.3) is 0 Å². The Hall–Kier alpha value is -0.650. The van der Waals surface area contributed by atoms with Gasteiger partial charge in [0.05, 0.1) is 5.69 Å². The molecule has 0 aliphatic heterocycles. The minimum atomic E-state index is 0.231. The highest BCUT2D eigenvalue weighted by molar-refractivity contribution is 9.11. The number of rotatable bonds is 4. The molecule has 0 amide bonds. The van der Waals surface area contributed by atoms with Crippen LogP contribution in [0, 0.1) is 13.8 Å². The lowest BCUT2D eigenvalue weighted by Crippen LogP contribution is -2.19. The van der Waals surface area contributed by atoms with Crippen LogP contribution in [0.15, 0.2) is 31.7 Å².